The van der Waals surface area contributed by atoms with Crippen LogP contribution in [0.15, 0.2) is 83.8 Å². The number of benzene rings is 3. The number of hydrogen-bond donors (Lipinski definition) is 2. The van der Waals surface area contributed by atoms with Crippen LogP contribution in [0.25, 0.3) is 16.8 Å². The zero-order valence-electron chi connectivity index (χ0n) is 20.9. The molecule has 0 aliphatic rings. The molecule has 0 unspecified atom stereocenters. The second kappa shape index (κ2) is 11.9. The normalized spacial score (nSPS) is 11.0. The molecule has 4 aromatic rings. The van der Waals surface area contributed by atoms with Gasteiger partial charge < -0.3 is 5.32 Å². The Morgan fingerprint density at radius 1 is 0.917 bits per heavy atom. The molecule has 0 aliphatic carbocycles. The van der Waals surface area contributed by atoms with E-state index >= 15 is 0 Å². The summed E-state index contributed by atoms with van der Waals surface area (Å²) in [7, 11) is -3.91. The third-order valence-corrected chi connectivity index (χ3v) is 7.09. The Morgan fingerprint density at radius 2 is 1.61 bits per heavy atom. The van der Waals surface area contributed by atoms with Crippen molar-refractivity contribution in [1.29, 1.82) is 0 Å². The molecule has 1 aromatic heterocycles. The molecule has 0 spiro atoms. The van der Waals surface area contributed by atoms with Crippen LogP contribution >= 0.6 is 0 Å². The Kier molecular flexibility index (Phi) is 9.13. The summed E-state index contributed by atoms with van der Waals surface area (Å²) in [5.74, 6) is 0. The van der Waals surface area contributed by atoms with Gasteiger partial charge in [0, 0.05) is 47.4 Å². The molecule has 2 amide bonds. The molecule has 7 nitrogen and oxygen atoms in total. The maximum atomic E-state index is 12.4. The molecule has 36 heavy (non-hydrogen) atoms. The van der Waals surface area contributed by atoms with Crippen molar-refractivity contribution in [3.8, 4) is 16.8 Å². The van der Waals surface area contributed by atoms with E-state index in [1.54, 1.807) is 19.1 Å². The van der Waals surface area contributed by atoms with E-state index in [9.17, 15) is 13.2 Å². The maximum absolute atomic E-state index is 12.4. The van der Waals surface area contributed by atoms with Gasteiger partial charge in [-0.25, -0.2) is 22.6 Å². The number of amides is 2. The molecule has 2 N–H and O–H groups in total. The summed E-state index contributed by atoms with van der Waals surface area (Å²) in [5.41, 5.74) is 7.06. The molecule has 0 atom stereocenters. The van der Waals surface area contributed by atoms with E-state index in [1.807, 2.05) is 54.1 Å². The number of sulfonamides is 1. The Hall–Kier alpha value is -2.91. The number of aromatic nitrogens is 2. The van der Waals surface area contributed by atoms with Gasteiger partial charge in [-0.1, -0.05) is 54.6 Å². The number of carbonyl (C=O) groups is 1. The van der Waals surface area contributed by atoms with Crippen molar-refractivity contribution < 1.29 is 13.2 Å². The SMILES string of the molecule is Cc1cccc(S(=O)(=O)NC(=O)NCCc2ccc(-n3nc(C)c(-c4ccccc4)c3C)cc2)c1.[Na]. The van der Waals surface area contributed by atoms with Crippen molar-refractivity contribution in [3.63, 3.8) is 0 Å². The molecule has 4 rings (SSSR count). The molecule has 3 aromatic carbocycles. The van der Waals surface area contributed by atoms with Crippen molar-refractivity contribution in [2.24, 2.45) is 0 Å². The standard InChI is InChI=1S/C27H28N4O3S.Na/c1-19-8-7-11-25(18-19)35(33,34)30-27(32)28-17-16-22-12-14-24(15-13-22)31-21(3)26(20(2)29-31)23-9-5-4-6-10-23;/h4-15,18H,16-17H2,1-3H3,(H2,28,30,32);. The summed E-state index contributed by atoms with van der Waals surface area (Å²) >= 11 is 0. The van der Waals surface area contributed by atoms with Gasteiger partial charge in [-0.15, -0.1) is 0 Å². The minimum absolute atomic E-state index is 0. The van der Waals surface area contributed by atoms with Crippen LogP contribution in [0.2, 0.25) is 0 Å². The zero-order valence-corrected chi connectivity index (χ0v) is 23.8. The number of aryl methyl sites for hydroxylation is 2. The molecule has 1 heterocycles. The average molecular weight is 512 g/mol. The van der Waals surface area contributed by atoms with Crippen molar-refractivity contribution in [1.82, 2.24) is 19.8 Å². The largest absolute Gasteiger partial charge is 0.337 e. The fourth-order valence-electron chi connectivity index (χ4n) is 4.04. The molecule has 0 aliphatic heterocycles. The first-order valence-electron chi connectivity index (χ1n) is 11.3. The smallest absolute Gasteiger partial charge is 0.328 e. The summed E-state index contributed by atoms with van der Waals surface area (Å²) < 4.78 is 28.7. The van der Waals surface area contributed by atoms with Gasteiger partial charge in [0.1, 0.15) is 0 Å². The molecule has 1 radical (unpaired) electrons. The number of rotatable bonds is 7. The number of hydrogen-bond acceptors (Lipinski definition) is 4. The molecule has 0 fully saturated rings. The van der Waals surface area contributed by atoms with Crippen LogP contribution in [0.1, 0.15) is 22.5 Å². The summed E-state index contributed by atoms with van der Waals surface area (Å²) in [6.45, 7) is 6.16. The third-order valence-electron chi connectivity index (χ3n) is 5.76. The van der Waals surface area contributed by atoms with Gasteiger partial charge in [0.05, 0.1) is 16.3 Å². The van der Waals surface area contributed by atoms with Gasteiger partial charge in [0.25, 0.3) is 10.0 Å². The average Bonchev–Trinajstić information content (AvgIpc) is 3.13. The summed E-state index contributed by atoms with van der Waals surface area (Å²) in [6.07, 6.45) is 0.560. The summed E-state index contributed by atoms with van der Waals surface area (Å²) in [5, 5.41) is 7.34. The van der Waals surface area contributed by atoms with Crippen molar-refractivity contribution in [3.05, 3.63) is 101 Å². The molecule has 181 valence electrons. The predicted octanol–water partition coefficient (Wildman–Crippen LogP) is 4.31. The Morgan fingerprint density at radius 3 is 2.28 bits per heavy atom. The van der Waals surface area contributed by atoms with Crippen molar-refractivity contribution in [2.45, 2.75) is 32.1 Å². The summed E-state index contributed by atoms with van der Waals surface area (Å²) in [4.78, 5) is 12.2. The second-order valence-corrected chi connectivity index (χ2v) is 10.1. The molecule has 0 bridgehead atoms. The van der Waals surface area contributed by atoms with E-state index in [1.165, 1.54) is 12.1 Å². The second-order valence-electron chi connectivity index (χ2n) is 8.42. The predicted molar refractivity (Wildman–Crippen MR) is 143 cm³/mol. The van der Waals surface area contributed by atoms with E-state index in [0.29, 0.717) is 13.0 Å². The van der Waals surface area contributed by atoms with Gasteiger partial charge >= 0.3 is 6.03 Å². The monoisotopic (exact) mass is 511 g/mol. The Balaban J connectivity index is 0.00000361. The van der Waals surface area contributed by atoms with Crippen molar-refractivity contribution >= 4 is 45.6 Å². The molecule has 0 saturated carbocycles. The minimum Gasteiger partial charge on any atom is -0.337 e. The Bertz CT molecular complexity index is 1450. The van der Waals surface area contributed by atoms with Gasteiger partial charge in [-0.2, -0.15) is 5.10 Å². The van der Waals surface area contributed by atoms with Crippen LogP contribution in [0.5, 0.6) is 0 Å². The van der Waals surface area contributed by atoms with Gasteiger partial charge in [0.15, 0.2) is 0 Å². The first-order chi connectivity index (χ1) is 16.7. The summed E-state index contributed by atoms with van der Waals surface area (Å²) in [6, 6.07) is 23.8. The molecular weight excluding hydrogens is 483 g/mol. The fourth-order valence-corrected chi connectivity index (χ4v) is 5.07. The van der Waals surface area contributed by atoms with Gasteiger partial charge in [-0.3, -0.25) is 0 Å². The van der Waals surface area contributed by atoms with Crippen LogP contribution < -0.4 is 10.0 Å². The number of urea groups is 1. The minimum atomic E-state index is -3.91. The van der Waals surface area contributed by atoms with E-state index in [-0.39, 0.29) is 34.5 Å². The van der Waals surface area contributed by atoms with Crippen molar-refractivity contribution in [2.75, 3.05) is 6.54 Å². The number of carbonyl (C=O) groups excluding carboxylic acids is 1. The van der Waals surface area contributed by atoms with Gasteiger partial charge in [0.2, 0.25) is 0 Å². The van der Waals surface area contributed by atoms with Crippen LogP contribution in [-0.4, -0.2) is 60.3 Å². The van der Waals surface area contributed by atoms with E-state index in [0.717, 1.165) is 39.3 Å². The van der Waals surface area contributed by atoms with E-state index in [2.05, 4.69) is 29.1 Å². The number of nitrogens with one attached hydrogen (secondary N) is 2. The van der Waals surface area contributed by atoms with Gasteiger partial charge in [-0.05, 0) is 68.1 Å². The van der Waals surface area contributed by atoms with Crippen LogP contribution in [-0.2, 0) is 16.4 Å². The molecular formula is C27H28N4NaO3S. The van der Waals surface area contributed by atoms with Crippen LogP contribution in [0, 0.1) is 20.8 Å². The van der Waals surface area contributed by atoms with Crippen LogP contribution in [0.4, 0.5) is 4.79 Å². The fraction of sp³-hybridized carbons (Fsp3) is 0.185. The topological polar surface area (TPSA) is 93.1 Å². The first kappa shape index (κ1) is 27.7. The number of nitrogens with zero attached hydrogens (tertiary/aromatic N) is 2. The molecule has 0 saturated heterocycles. The van der Waals surface area contributed by atoms with E-state index in [4.69, 9.17) is 5.10 Å². The zero-order chi connectivity index (χ0) is 25.0. The van der Waals surface area contributed by atoms with E-state index < -0.39 is 16.1 Å². The third kappa shape index (κ3) is 6.44. The maximum Gasteiger partial charge on any atom is 0.328 e. The van der Waals surface area contributed by atoms with Crippen LogP contribution in [0.3, 0.4) is 0 Å². The Labute approximate surface area is 234 Å². The first-order valence-corrected chi connectivity index (χ1v) is 12.8. The quantitative estimate of drug-likeness (QED) is 0.362. The molecule has 9 heteroatoms.